The quantitative estimate of drug-likeness (QED) is 0.0942. The standard InChI is InChI=1S/C41H40F5N3O3S/c1-27-6-15-34-36(22-27)49(39(23-37(34)50)53-26-31-4-3-5-35(42)40(31)43)25-38(51)48(33-16-18-47(19-17-33)20-21-52-2)24-28-7-9-29(10-8-28)30-11-13-32(14-12-30)41(44,45)46/h3-15,22-23,33H,16-21,24-26H2,1-2H3/i6D,15D,22D,23D,24D2,26D2. The van der Waals surface area contributed by atoms with Crippen LogP contribution in [-0.2, 0) is 34.5 Å². The zero-order valence-corrected chi connectivity index (χ0v) is 29.6. The van der Waals surface area contributed by atoms with Crippen molar-refractivity contribution in [3.63, 3.8) is 0 Å². The van der Waals surface area contributed by atoms with E-state index in [1.807, 2.05) is 0 Å². The van der Waals surface area contributed by atoms with E-state index in [2.05, 4.69) is 4.90 Å². The number of alkyl halides is 3. The second-order valence-corrected chi connectivity index (χ2v) is 13.3. The molecule has 6 rings (SSSR count). The Morgan fingerprint density at radius 2 is 1.68 bits per heavy atom. The fraction of sp³-hybridized carbons (Fsp3) is 0.317. The Kier molecular flexibility index (Phi) is 9.09. The smallest absolute Gasteiger partial charge is 0.383 e. The molecular formula is C41H40F5N3O3S. The van der Waals surface area contributed by atoms with Crippen LogP contribution in [0, 0.1) is 18.6 Å². The number of halogens is 5. The molecule has 6 nitrogen and oxygen atoms in total. The predicted octanol–water partition coefficient (Wildman–Crippen LogP) is 8.71. The summed E-state index contributed by atoms with van der Waals surface area (Å²) in [4.78, 5) is 31.9. The van der Waals surface area contributed by atoms with Gasteiger partial charge < -0.3 is 19.1 Å². The van der Waals surface area contributed by atoms with Gasteiger partial charge >= 0.3 is 6.18 Å². The molecule has 5 aromatic rings. The van der Waals surface area contributed by atoms with Crippen molar-refractivity contribution in [2.24, 2.45) is 0 Å². The van der Waals surface area contributed by atoms with Gasteiger partial charge in [-0.25, -0.2) is 8.78 Å². The summed E-state index contributed by atoms with van der Waals surface area (Å²) in [5.41, 5.74) is -5.34. The van der Waals surface area contributed by atoms with Crippen molar-refractivity contribution in [1.29, 1.82) is 0 Å². The first-order valence-corrected chi connectivity index (χ1v) is 17.5. The Bertz CT molecular complexity index is 2520. The van der Waals surface area contributed by atoms with Crippen LogP contribution in [0.1, 0.15) is 46.1 Å². The number of amides is 1. The first kappa shape index (κ1) is 28.9. The largest absolute Gasteiger partial charge is 0.416 e. The van der Waals surface area contributed by atoms with E-state index in [0.29, 0.717) is 37.4 Å². The first-order valence-electron chi connectivity index (χ1n) is 20.7. The summed E-state index contributed by atoms with van der Waals surface area (Å²) < 4.78 is 147. The van der Waals surface area contributed by atoms with Crippen LogP contribution in [0.15, 0.2) is 101 Å². The number of hydrogen-bond acceptors (Lipinski definition) is 5. The van der Waals surface area contributed by atoms with E-state index in [1.165, 1.54) is 43.3 Å². The summed E-state index contributed by atoms with van der Waals surface area (Å²) in [6, 6.07) is 9.62. The number of pyridine rings is 1. The lowest BCUT2D eigenvalue weighted by atomic mass is 10.00. The summed E-state index contributed by atoms with van der Waals surface area (Å²) >= 11 is 0.0967. The van der Waals surface area contributed by atoms with Gasteiger partial charge in [0.15, 0.2) is 17.1 Å². The highest BCUT2D eigenvalue weighted by Gasteiger charge is 2.31. The minimum absolute atomic E-state index is 0.0129. The van der Waals surface area contributed by atoms with Gasteiger partial charge in [0.25, 0.3) is 0 Å². The fourth-order valence-corrected chi connectivity index (χ4v) is 6.79. The lowest BCUT2D eigenvalue weighted by Gasteiger charge is -2.39. The van der Waals surface area contributed by atoms with Crippen LogP contribution in [0.4, 0.5) is 22.0 Å². The molecule has 0 bridgehead atoms. The number of fused-ring (bicyclic) bond motifs is 1. The van der Waals surface area contributed by atoms with Crippen LogP contribution in [0.2, 0.25) is 0 Å². The van der Waals surface area contributed by atoms with Gasteiger partial charge in [-0.05, 0) is 72.3 Å². The number of nitrogens with zero attached hydrogens (tertiary/aromatic N) is 3. The third-order valence-electron chi connectivity index (χ3n) is 8.87. The average molecular weight is 758 g/mol. The number of thioether (sulfide) groups is 1. The molecule has 4 aromatic carbocycles. The zero-order chi connectivity index (χ0) is 44.8. The van der Waals surface area contributed by atoms with E-state index in [4.69, 9.17) is 13.0 Å². The van der Waals surface area contributed by atoms with Gasteiger partial charge in [-0.3, -0.25) is 9.59 Å². The molecule has 0 atom stereocenters. The van der Waals surface area contributed by atoms with Crippen LogP contribution < -0.4 is 5.43 Å². The van der Waals surface area contributed by atoms with Gasteiger partial charge in [0.05, 0.1) is 30.9 Å². The number of ether oxygens (including phenoxy) is 1. The lowest BCUT2D eigenvalue weighted by molar-refractivity contribution is -0.137. The Morgan fingerprint density at radius 3 is 2.34 bits per heavy atom. The zero-order valence-electron chi connectivity index (χ0n) is 36.7. The topological polar surface area (TPSA) is 54.8 Å². The molecule has 0 saturated carbocycles. The Hall–Kier alpha value is -4.52. The molecule has 0 radical (unpaired) electrons. The number of piperidine rings is 1. The number of rotatable bonds is 12. The summed E-state index contributed by atoms with van der Waals surface area (Å²) in [7, 11) is 1.55. The molecule has 1 aromatic heterocycles. The molecule has 2 heterocycles. The summed E-state index contributed by atoms with van der Waals surface area (Å²) in [5.74, 6) is -3.86. The Balaban J connectivity index is 1.48. The van der Waals surface area contributed by atoms with Crippen molar-refractivity contribution in [2.75, 3.05) is 33.4 Å². The van der Waals surface area contributed by atoms with Crippen molar-refractivity contribution in [1.82, 2.24) is 14.4 Å². The molecule has 0 unspecified atom stereocenters. The van der Waals surface area contributed by atoms with E-state index in [-0.39, 0.29) is 35.7 Å². The summed E-state index contributed by atoms with van der Waals surface area (Å²) in [5, 5.41) is -1.18. The van der Waals surface area contributed by atoms with Crippen molar-refractivity contribution in [2.45, 2.75) is 55.8 Å². The number of carbonyl (C=O) groups excluding carboxylic acids is 1. The maximum Gasteiger partial charge on any atom is 0.416 e. The SMILES string of the molecule is [2H]c1c(C)c([2H])c2c(c1[2H])c(=O)c([2H])c(SC([2H])([2H])c1cccc(F)c1F)n2CC(=O)N(C1CCN(CCOC)CC1)C([2H])([2H])c1ccc(-c2ccc(C(F)(F)F)cc2)cc1. The highest BCUT2D eigenvalue weighted by Crippen LogP contribution is 2.32. The number of likely N-dealkylation sites (tertiary alicyclic amines) is 1. The van der Waals surface area contributed by atoms with Crippen LogP contribution in [0.25, 0.3) is 22.0 Å². The number of methoxy groups -OCH3 is 1. The minimum Gasteiger partial charge on any atom is -0.383 e. The van der Waals surface area contributed by atoms with Gasteiger partial charge in [-0.15, -0.1) is 11.8 Å². The normalized spacial score (nSPS) is 16.9. The second kappa shape index (κ2) is 16.7. The van der Waals surface area contributed by atoms with E-state index < -0.39 is 105 Å². The molecule has 1 aliphatic heterocycles. The van der Waals surface area contributed by atoms with Gasteiger partial charge in [-0.1, -0.05) is 54.6 Å². The highest BCUT2D eigenvalue weighted by molar-refractivity contribution is 7.98. The number of carbonyl (C=O) groups is 1. The minimum atomic E-state index is -4.54. The van der Waals surface area contributed by atoms with E-state index in [9.17, 15) is 25.1 Å². The molecular weight excluding hydrogens is 710 g/mol. The van der Waals surface area contributed by atoms with Gasteiger partial charge in [0.2, 0.25) is 5.91 Å². The molecule has 1 fully saturated rings. The van der Waals surface area contributed by atoms with Crippen molar-refractivity contribution >= 4 is 28.6 Å². The molecule has 12 heteroatoms. The van der Waals surface area contributed by atoms with E-state index in [1.54, 1.807) is 7.11 Å². The summed E-state index contributed by atoms with van der Waals surface area (Å²) in [6.07, 6.45) is -3.99. The number of benzene rings is 4. The maximum atomic E-state index is 15.1. The molecule has 0 aliphatic carbocycles. The Labute approximate surface area is 320 Å². The average Bonchev–Trinajstić information content (AvgIpc) is 3.22. The monoisotopic (exact) mass is 757 g/mol. The van der Waals surface area contributed by atoms with Crippen LogP contribution in [0.3, 0.4) is 0 Å². The molecule has 278 valence electrons. The molecule has 53 heavy (non-hydrogen) atoms. The van der Waals surface area contributed by atoms with E-state index >= 15 is 9.18 Å². The van der Waals surface area contributed by atoms with Gasteiger partial charge in [0.1, 0.15) is 6.54 Å². The summed E-state index contributed by atoms with van der Waals surface area (Å²) in [6.45, 7) is -0.338. The lowest BCUT2D eigenvalue weighted by Crippen LogP contribution is -2.48. The third-order valence-corrected chi connectivity index (χ3v) is 9.70. The third kappa shape index (κ3) is 9.17. The van der Waals surface area contributed by atoms with Gasteiger partial charge in [0, 0.05) is 64.7 Å². The molecule has 1 amide bonds. The van der Waals surface area contributed by atoms with Crippen molar-refractivity contribution in [3.05, 3.63) is 135 Å². The molecule has 0 spiro atoms. The van der Waals surface area contributed by atoms with E-state index in [0.717, 1.165) is 39.8 Å². The van der Waals surface area contributed by atoms with Crippen molar-refractivity contribution < 1.29 is 42.4 Å². The molecule has 1 saturated heterocycles. The first-order chi connectivity index (χ1) is 28.6. The molecule has 1 aliphatic rings. The number of aromatic nitrogens is 1. The van der Waals surface area contributed by atoms with Crippen LogP contribution in [-0.4, -0.2) is 59.7 Å². The predicted molar refractivity (Wildman–Crippen MR) is 198 cm³/mol. The molecule has 0 N–H and O–H groups in total. The maximum absolute atomic E-state index is 15.1. The van der Waals surface area contributed by atoms with Crippen molar-refractivity contribution in [3.8, 4) is 11.1 Å². The van der Waals surface area contributed by atoms with Gasteiger partial charge in [-0.2, -0.15) is 13.2 Å². The Morgan fingerprint density at radius 1 is 1.00 bits per heavy atom. The number of hydrogen-bond donors (Lipinski definition) is 0. The van der Waals surface area contributed by atoms with Crippen LogP contribution >= 0.6 is 11.8 Å². The fourth-order valence-electron chi connectivity index (χ4n) is 6.02. The highest BCUT2D eigenvalue weighted by atomic mass is 32.2. The van der Waals surface area contributed by atoms with Crippen LogP contribution in [0.5, 0.6) is 0 Å². The second-order valence-electron chi connectivity index (χ2n) is 12.5.